The van der Waals surface area contributed by atoms with Crippen molar-refractivity contribution in [1.29, 1.82) is 0 Å². The average molecular weight is 263 g/mol. The summed E-state index contributed by atoms with van der Waals surface area (Å²) < 4.78 is 13.6. The molecule has 0 aliphatic rings. The van der Waals surface area contributed by atoms with E-state index in [0.29, 0.717) is 11.4 Å². The molecule has 0 radical (unpaired) electrons. The van der Waals surface area contributed by atoms with Crippen LogP contribution in [0.2, 0.25) is 0 Å². The number of nitrogens with one attached hydrogen (secondary N) is 2. The molecule has 19 heavy (non-hydrogen) atoms. The maximum absolute atomic E-state index is 13.6. The van der Waals surface area contributed by atoms with Crippen LogP contribution in [0.25, 0.3) is 0 Å². The summed E-state index contributed by atoms with van der Waals surface area (Å²) in [7, 11) is 0. The normalized spacial score (nSPS) is 12.2. The number of aryl methyl sites for hydroxylation is 1. The Morgan fingerprint density at radius 1 is 1.53 bits per heavy atom. The number of aromatic amines is 1. The number of amides is 1. The lowest BCUT2D eigenvalue weighted by Crippen LogP contribution is -2.28. The van der Waals surface area contributed by atoms with Crippen LogP contribution in [0.1, 0.15) is 34.7 Å². The van der Waals surface area contributed by atoms with E-state index in [1.807, 2.05) is 0 Å². The summed E-state index contributed by atoms with van der Waals surface area (Å²) in [6, 6.07) is 4.03. The summed E-state index contributed by atoms with van der Waals surface area (Å²) in [6.07, 6.45) is 0. The Hall–Kier alpha value is -2.44. The van der Waals surface area contributed by atoms with Crippen LogP contribution in [-0.4, -0.2) is 21.1 Å². The van der Waals surface area contributed by atoms with Gasteiger partial charge in [-0.15, -0.1) is 5.10 Å². The van der Waals surface area contributed by atoms with Gasteiger partial charge in [0.15, 0.2) is 0 Å². The first-order valence-corrected chi connectivity index (χ1v) is 5.72. The lowest BCUT2D eigenvalue weighted by molar-refractivity contribution is 0.0933. The van der Waals surface area contributed by atoms with E-state index in [1.165, 1.54) is 6.07 Å². The molecule has 6 nitrogen and oxygen atoms in total. The SMILES string of the molecule is Cc1cccc(F)c1C(=O)NC(C)c1nc(N)n[nH]1. The van der Waals surface area contributed by atoms with Gasteiger partial charge in [-0.25, -0.2) is 4.39 Å². The van der Waals surface area contributed by atoms with E-state index in [0.717, 1.165) is 0 Å². The van der Waals surface area contributed by atoms with Crippen molar-refractivity contribution in [3.05, 3.63) is 41.0 Å². The van der Waals surface area contributed by atoms with Gasteiger partial charge in [-0.05, 0) is 25.5 Å². The molecule has 1 heterocycles. The number of hydrogen-bond donors (Lipinski definition) is 3. The maximum atomic E-state index is 13.6. The second-order valence-corrected chi connectivity index (χ2v) is 4.21. The molecular weight excluding hydrogens is 249 g/mol. The molecule has 0 saturated carbocycles. The highest BCUT2D eigenvalue weighted by molar-refractivity contribution is 5.96. The number of rotatable bonds is 3. The van der Waals surface area contributed by atoms with E-state index < -0.39 is 17.8 Å². The van der Waals surface area contributed by atoms with E-state index in [4.69, 9.17) is 5.73 Å². The molecule has 1 amide bonds. The summed E-state index contributed by atoms with van der Waals surface area (Å²) in [5.41, 5.74) is 5.98. The highest BCUT2D eigenvalue weighted by Gasteiger charge is 2.18. The molecule has 0 saturated heterocycles. The van der Waals surface area contributed by atoms with Crippen LogP contribution in [-0.2, 0) is 0 Å². The number of aromatic nitrogens is 3. The van der Waals surface area contributed by atoms with Crippen molar-refractivity contribution in [1.82, 2.24) is 20.5 Å². The standard InChI is InChI=1S/C12H14FN5O/c1-6-4-3-5-8(13)9(6)11(19)15-7(2)10-16-12(14)18-17-10/h3-5,7H,1-2H3,(H,15,19)(H3,14,16,17,18). The Balaban J connectivity index is 2.17. The molecule has 7 heteroatoms. The van der Waals surface area contributed by atoms with Gasteiger partial charge in [0, 0.05) is 0 Å². The minimum atomic E-state index is -0.554. The van der Waals surface area contributed by atoms with E-state index in [1.54, 1.807) is 26.0 Å². The Morgan fingerprint density at radius 3 is 2.84 bits per heavy atom. The molecular formula is C12H14FN5O. The minimum absolute atomic E-state index is 0.0295. The van der Waals surface area contributed by atoms with Crippen molar-refractivity contribution in [2.45, 2.75) is 19.9 Å². The van der Waals surface area contributed by atoms with Crippen molar-refractivity contribution < 1.29 is 9.18 Å². The van der Waals surface area contributed by atoms with Gasteiger partial charge in [-0.2, -0.15) is 4.98 Å². The fraction of sp³-hybridized carbons (Fsp3) is 0.250. The van der Waals surface area contributed by atoms with Gasteiger partial charge in [0.05, 0.1) is 11.6 Å². The number of nitrogens with two attached hydrogens (primary N) is 1. The molecule has 2 rings (SSSR count). The fourth-order valence-corrected chi connectivity index (χ4v) is 1.74. The van der Waals surface area contributed by atoms with Crippen LogP contribution in [0.3, 0.4) is 0 Å². The highest BCUT2D eigenvalue weighted by Crippen LogP contribution is 2.14. The zero-order valence-electron chi connectivity index (χ0n) is 10.6. The third kappa shape index (κ3) is 2.70. The monoisotopic (exact) mass is 263 g/mol. The first kappa shape index (κ1) is 13.0. The van der Waals surface area contributed by atoms with Crippen LogP contribution in [0.15, 0.2) is 18.2 Å². The third-order valence-electron chi connectivity index (χ3n) is 2.73. The second-order valence-electron chi connectivity index (χ2n) is 4.21. The third-order valence-corrected chi connectivity index (χ3v) is 2.73. The molecule has 0 fully saturated rings. The van der Waals surface area contributed by atoms with Crippen LogP contribution < -0.4 is 11.1 Å². The molecule has 0 bridgehead atoms. The molecule has 4 N–H and O–H groups in total. The minimum Gasteiger partial charge on any atom is -0.367 e. The molecule has 1 atom stereocenters. The van der Waals surface area contributed by atoms with Gasteiger partial charge in [-0.3, -0.25) is 9.89 Å². The van der Waals surface area contributed by atoms with Crippen molar-refractivity contribution in [3.63, 3.8) is 0 Å². The maximum Gasteiger partial charge on any atom is 0.255 e. The molecule has 100 valence electrons. The molecule has 1 aromatic heterocycles. The van der Waals surface area contributed by atoms with Crippen molar-refractivity contribution >= 4 is 11.9 Å². The Labute approximate surface area is 109 Å². The Morgan fingerprint density at radius 2 is 2.26 bits per heavy atom. The van der Waals surface area contributed by atoms with Crippen LogP contribution in [0.5, 0.6) is 0 Å². The highest BCUT2D eigenvalue weighted by atomic mass is 19.1. The second kappa shape index (κ2) is 5.05. The van der Waals surface area contributed by atoms with Crippen LogP contribution >= 0.6 is 0 Å². The molecule has 2 aromatic rings. The largest absolute Gasteiger partial charge is 0.367 e. The number of nitrogen functional groups attached to an aromatic ring is 1. The lowest BCUT2D eigenvalue weighted by Gasteiger charge is -2.12. The fourth-order valence-electron chi connectivity index (χ4n) is 1.74. The number of halogens is 1. The molecule has 0 aliphatic heterocycles. The molecule has 0 spiro atoms. The summed E-state index contributed by atoms with van der Waals surface area (Å²) in [4.78, 5) is 15.9. The van der Waals surface area contributed by atoms with Crippen molar-refractivity contribution in [2.24, 2.45) is 0 Å². The predicted octanol–water partition coefficient (Wildman–Crippen LogP) is 1.33. The first-order chi connectivity index (χ1) is 8.99. The number of carbonyl (C=O) groups excluding carboxylic acids is 1. The van der Waals surface area contributed by atoms with Crippen LogP contribution in [0, 0.1) is 12.7 Å². The number of carbonyl (C=O) groups is 1. The summed E-state index contributed by atoms with van der Waals surface area (Å²) >= 11 is 0. The lowest BCUT2D eigenvalue weighted by atomic mass is 10.1. The summed E-state index contributed by atoms with van der Waals surface area (Å²) in [5.74, 6) is -0.544. The van der Waals surface area contributed by atoms with E-state index in [-0.39, 0.29) is 11.5 Å². The van der Waals surface area contributed by atoms with Gasteiger partial charge < -0.3 is 11.1 Å². The predicted molar refractivity (Wildman–Crippen MR) is 67.8 cm³/mol. The number of anilines is 1. The quantitative estimate of drug-likeness (QED) is 0.778. The van der Waals surface area contributed by atoms with Gasteiger partial charge in [-0.1, -0.05) is 12.1 Å². The number of hydrogen-bond acceptors (Lipinski definition) is 4. The van der Waals surface area contributed by atoms with Gasteiger partial charge >= 0.3 is 0 Å². The summed E-state index contributed by atoms with van der Waals surface area (Å²) in [6.45, 7) is 3.38. The number of benzene rings is 1. The van der Waals surface area contributed by atoms with Gasteiger partial charge in [0.25, 0.3) is 5.91 Å². The first-order valence-electron chi connectivity index (χ1n) is 5.72. The Kier molecular flexibility index (Phi) is 3.46. The van der Waals surface area contributed by atoms with Gasteiger partial charge in [0.2, 0.25) is 5.95 Å². The van der Waals surface area contributed by atoms with Crippen LogP contribution in [0.4, 0.5) is 10.3 Å². The zero-order valence-corrected chi connectivity index (χ0v) is 10.6. The average Bonchev–Trinajstić information content (AvgIpc) is 2.75. The molecule has 0 aliphatic carbocycles. The topological polar surface area (TPSA) is 96.7 Å². The van der Waals surface area contributed by atoms with E-state index >= 15 is 0 Å². The van der Waals surface area contributed by atoms with E-state index in [2.05, 4.69) is 20.5 Å². The van der Waals surface area contributed by atoms with E-state index in [9.17, 15) is 9.18 Å². The van der Waals surface area contributed by atoms with Gasteiger partial charge in [0.1, 0.15) is 11.6 Å². The molecule has 1 aromatic carbocycles. The smallest absolute Gasteiger partial charge is 0.255 e. The summed E-state index contributed by atoms with van der Waals surface area (Å²) in [5, 5.41) is 8.91. The Bertz CT molecular complexity index is 590. The number of nitrogens with zero attached hydrogens (tertiary/aromatic N) is 2. The zero-order chi connectivity index (χ0) is 14.0. The van der Waals surface area contributed by atoms with Crippen molar-refractivity contribution in [3.8, 4) is 0 Å². The molecule has 1 unspecified atom stereocenters. The number of H-pyrrole nitrogens is 1. The van der Waals surface area contributed by atoms with Crippen molar-refractivity contribution in [2.75, 3.05) is 5.73 Å².